The van der Waals surface area contributed by atoms with Crippen LogP contribution in [0.25, 0.3) is 0 Å². The minimum atomic E-state index is -0.746. The van der Waals surface area contributed by atoms with Gasteiger partial charge in [-0.3, -0.25) is 4.79 Å². The molecule has 0 aromatic heterocycles. The number of aryl methyl sites for hydroxylation is 1. The Morgan fingerprint density at radius 2 is 1.75 bits per heavy atom. The van der Waals surface area contributed by atoms with E-state index in [1.165, 1.54) is 16.7 Å². The second-order valence-corrected chi connectivity index (χ2v) is 8.71. The smallest absolute Gasteiger partial charge is 0.150 e. The fraction of sp³-hybridized carbons (Fsp3) is 0.276. The summed E-state index contributed by atoms with van der Waals surface area (Å²) in [5, 5.41) is 3.26. The molecule has 0 saturated heterocycles. The minimum Gasteiger partial charge on any atom is -0.388 e. The number of hydrogen-bond donors (Lipinski definition) is 1. The van der Waals surface area contributed by atoms with Crippen molar-refractivity contribution < 1.29 is 4.79 Å². The van der Waals surface area contributed by atoms with Crippen molar-refractivity contribution in [1.29, 1.82) is 0 Å². The molecule has 0 aliphatic heterocycles. The number of hydrogen-bond acceptors (Lipinski definition) is 3. The predicted octanol–water partition coefficient (Wildman–Crippen LogP) is 5.43. The molecule has 1 atom stereocenters. The highest BCUT2D eigenvalue weighted by atomic mass is 16.1. The van der Waals surface area contributed by atoms with Crippen LogP contribution < -0.4 is 10.2 Å². The molecule has 1 aliphatic carbocycles. The number of rotatable bonds is 6. The molecule has 32 heavy (non-hydrogen) atoms. The fourth-order valence-corrected chi connectivity index (χ4v) is 5.01. The van der Waals surface area contributed by atoms with Crippen molar-refractivity contribution in [3.8, 4) is 12.3 Å². The van der Waals surface area contributed by atoms with Crippen LogP contribution in [0.15, 0.2) is 54.6 Å². The summed E-state index contributed by atoms with van der Waals surface area (Å²) < 4.78 is 0. The average Bonchev–Trinajstić information content (AvgIpc) is 2.82. The molecule has 3 aromatic carbocycles. The van der Waals surface area contributed by atoms with Crippen LogP contribution in [-0.4, -0.2) is 27.4 Å². The number of anilines is 2. The molecule has 0 bridgehead atoms. The van der Waals surface area contributed by atoms with Gasteiger partial charge in [-0.15, -0.1) is 6.42 Å². The maximum absolute atomic E-state index is 11.7. The fourth-order valence-electron chi connectivity index (χ4n) is 5.01. The molecule has 162 valence electrons. The maximum atomic E-state index is 11.7. The van der Waals surface area contributed by atoms with Gasteiger partial charge in [0.2, 0.25) is 0 Å². The molecule has 1 N–H and O–H groups in total. The van der Waals surface area contributed by atoms with E-state index in [9.17, 15) is 4.79 Å². The molecule has 0 amide bonds. The Hall–Kier alpha value is -3.51. The number of nitrogens with one attached hydrogen (secondary N) is 1. The van der Waals surface area contributed by atoms with Gasteiger partial charge in [0.1, 0.15) is 11.7 Å². The highest BCUT2D eigenvalue weighted by molar-refractivity contribution is 5.78. The predicted molar refractivity (Wildman–Crippen MR) is 134 cm³/mol. The lowest BCUT2D eigenvalue weighted by molar-refractivity contribution is 0.112. The molecular formula is C29H30N2O. The van der Waals surface area contributed by atoms with E-state index in [0.29, 0.717) is 5.56 Å². The molecule has 3 nitrogen and oxygen atoms in total. The Morgan fingerprint density at radius 1 is 1.03 bits per heavy atom. The van der Waals surface area contributed by atoms with Crippen molar-refractivity contribution in [2.75, 3.05) is 31.4 Å². The van der Waals surface area contributed by atoms with Gasteiger partial charge in [-0.1, -0.05) is 43.5 Å². The summed E-state index contributed by atoms with van der Waals surface area (Å²) in [4.78, 5) is 13.9. The van der Waals surface area contributed by atoms with Gasteiger partial charge in [0.15, 0.2) is 0 Å². The standard InChI is InChI=1S/C29H30N2O/c1-6-8-21-10-9-20(19-32)15-28(21)29(7-2)26-13-11-24(30-3)17-22(26)16-23-18-25(31(4)5)12-14-27(23)29/h2,9-15,17-19,30H,6,8,16H2,1,3-5H3. The molecule has 0 saturated carbocycles. The summed E-state index contributed by atoms with van der Waals surface area (Å²) in [5.41, 5.74) is 9.08. The number of nitrogens with zero attached hydrogens (tertiary/aromatic N) is 1. The minimum absolute atomic E-state index is 0.653. The molecule has 0 spiro atoms. The van der Waals surface area contributed by atoms with E-state index in [2.05, 4.69) is 79.6 Å². The van der Waals surface area contributed by atoms with Crippen molar-refractivity contribution in [3.05, 3.63) is 93.5 Å². The zero-order valence-electron chi connectivity index (χ0n) is 19.3. The number of aldehydes is 1. The summed E-state index contributed by atoms with van der Waals surface area (Å²) >= 11 is 0. The Bertz CT molecular complexity index is 1220. The Labute approximate surface area is 191 Å². The van der Waals surface area contributed by atoms with Crippen LogP contribution in [0, 0.1) is 12.3 Å². The van der Waals surface area contributed by atoms with Crippen LogP contribution in [0.2, 0.25) is 0 Å². The third kappa shape index (κ3) is 3.37. The largest absolute Gasteiger partial charge is 0.388 e. The topological polar surface area (TPSA) is 32.3 Å². The number of benzene rings is 3. The van der Waals surface area contributed by atoms with E-state index in [-0.39, 0.29) is 0 Å². The Morgan fingerprint density at radius 3 is 2.38 bits per heavy atom. The Balaban J connectivity index is 2.11. The van der Waals surface area contributed by atoms with Gasteiger partial charge >= 0.3 is 0 Å². The van der Waals surface area contributed by atoms with Crippen molar-refractivity contribution in [2.24, 2.45) is 0 Å². The van der Waals surface area contributed by atoms with E-state index >= 15 is 0 Å². The van der Waals surface area contributed by atoms with Crippen molar-refractivity contribution >= 4 is 17.7 Å². The average molecular weight is 423 g/mol. The van der Waals surface area contributed by atoms with E-state index in [1.807, 2.05) is 19.2 Å². The molecule has 1 aliphatic rings. The second-order valence-electron chi connectivity index (χ2n) is 8.71. The normalized spacial score (nSPS) is 16.5. The van der Waals surface area contributed by atoms with Gasteiger partial charge in [0.25, 0.3) is 0 Å². The maximum Gasteiger partial charge on any atom is 0.150 e. The highest BCUT2D eigenvalue weighted by Crippen LogP contribution is 2.48. The highest BCUT2D eigenvalue weighted by Gasteiger charge is 2.42. The molecule has 0 radical (unpaired) electrons. The number of carbonyl (C=O) groups excluding carboxylic acids is 1. The van der Waals surface area contributed by atoms with Crippen LogP contribution in [0.5, 0.6) is 0 Å². The molecule has 3 heteroatoms. The van der Waals surface area contributed by atoms with E-state index in [0.717, 1.165) is 53.6 Å². The lowest BCUT2D eigenvalue weighted by Crippen LogP contribution is -2.35. The first-order valence-electron chi connectivity index (χ1n) is 11.2. The van der Waals surface area contributed by atoms with Gasteiger partial charge in [-0.2, -0.15) is 0 Å². The van der Waals surface area contributed by atoms with Gasteiger partial charge < -0.3 is 10.2 Å². The summed E-state index contributed by atoms with van der Waals surface area (Å²) in [6.45, 7) is 2.17. The molecule has 1 unspecified atom stereocenters. The van der Waals surface area contributed by atoms with Gasteiger partial charge in [-0.05, 0) is 76.6 Å². The van der Waals surface area contributed by atoms with Crippen LogP contribution in [0.4, 0.5) is 11.4 Å². The van der Waals surface area contributed by atoms with Crippen molar-refractivity contribution in [3.63, 3.8) is 0 Å². The van der Waals surface area contributed by atoms with Crippen molar-refractivity contribution in [2.45, 2.75) is 31.6 Å². The third-order valence-corrected chi connectivity index (χ3v) is 6.60. The lowest BCUT2D eigenvalue weighted by atomic mass is 9.62. The summed E-state index contributed by atoms with van der Waals surface area (Å²) in [7, 11) is 6.04. The molecular weight excluding hydrogens is 392 g/mol. The van der Waals surface area contributed by atoms with Gasteiger partial charge in [-0.25, -0.2) is 0 Å². The van der Waals surface area contributed by atoms with Crippen molar-refractivity contribution in [1.82, 2.24) is 0 Å². The molecule has 4 rings (SSSR count). The van der Waals surface area contributed by atoms with Gasteiger partial charge in [0.05, 0.1) is 0 Å². The molecule has 0 heterocycles. The van der Waals surface area contributed by atoms with Crippen LogP contribution >= 0.6 is 0 Å². The number of terminal acetylenes is 1. The monoisotopic (exact) mass is 422 g/mol. The first-order valence-corrected chi connectivity index (χ1v) is 11.2. The van der Waals surface area contributed by atoms with Crippen LogP contribution in [0.3, 0.4) is 0 Å². The number of fused-ring (bicyclic) bond motifs is 2. The first kappa shape index (κ1) is 21.7. The second kappa shape index (κ2) is 8.55. The third-order valence-electron chi connectivity index (χ3n) is 6.60. The summed E-state index contributed by atoms with van der Waals surface area (Å²) in [5.74, 6) is 3.23. The van der Waals surface area contributed by atoms with Crippen LogP contribution in [-0.2, 0) is 18.3 Å². The SMILES string of the molecule is C#CC1(c2cc(C=O)ccc2CCC)c2ccc(NC)cc2Cc2cc(N(C)C)ccc21. The van der Waals surface area contributed by atoms with Gasteiger partial charge in [0, 0.05) is 38.1 Å². The van der Waals surface area contributed by atoms with Crippen LogP contribution in [0.1, 0.15) is 57.1 Å². The first-order chi connectivity index (χ1) is 15.5. The van der Waals surface area contributed by atoms with E-state index in [1.54, 1.807) is 0 Å². The molecule has 3 aromatic rings. The zero-order chi connectivity index (χ0) is 22.9. The molecule has 0 fully saturated rings. The summed E-state index contributed by atoms with van der Waals surface area (Å²) in [6.07, 6.45) is 10.1. The summed E-state index contributed by atoms with van der Waals surface area (Å²) in [6, 6.07) is 19.0. The number of carbonyl (C=O) groups is 1. The Kier molecular flexibility index (Phi) is 5.80. The quantitative estimate of drug-likeness (QED) is 0.425. The lowest BCUT2D eigenvalue weighted by Gasteiger charge is -2.39. The zero-order valence-corrected chi connectivity index (χ0v) is 19.3. The van der Waals surface area contributed by atoms with E-state index < -0.39 is 5.41 Å². The van der Waals surface area contributed by atoms with E-state index in [4.69, 9.17) is 6.42 Å².